The predicted octanol–water partition coefficient (Wildman–Crippen LogP) is 3.67. The maximum atomic E-state index is 12.1. The van der Waals surface area contributed by atoms with Gasteiger partial charge in [-0.25, -0.2) is 4.79 Å². The molecule has 3 aromatic rings. The van der Waals surface area contributed by atoms with Crippen LogP contribution in [0.15, 0.2) is 42.5 Å². The molecule has 0 radical (unpaired) electrons. The van der Waals surface area contributed by atoms with Crippen LogP contribution in [0.25, 0.3) is 10.9 Å². The minimum Gasteiger partial charge on any atom is -0.451 e. The van der Waals surface area contributed by atoms with Gasteiger partial charge in [-0.3, -0.25) is 9.89 Å². The maximum Gasteiger partial charge on any atom is 0.359 e. The summed E-state index contributed by atoms with van der Waals surface area (Å²) in [4.78, 5) is 24.0. The van der Waals surface area contributed by atoms with Crippen LogP contribution in [-0.2, 0) is 9.53 Å². The first-order valence-corrected chi connectivity index (χ1v) is 7.65. The second kappa shape index (κ2) is 6.90. The minimum atomic E-state index is -0.695. The highest BCUT2D eigenvalue weighted by atomic mass is 35.5. The summed E-state index contributed by atoms with van der Waals surface area (Å²) in [6, 6.07) is 11.8. The Labute approximate surface area is 146 Å². The molecular formula is C16H11Cl2N3O3. The molecule has 1 heterocycles. The van der Waals surface area contributed by atoms with E-state index in [1.807, 2.05) is 6.07 Å². The first kappa shape index (κ1) is 16.3. The maximum absolute atomic E-state index is 12.1. The van der Waals surface area contributed by atoms with Crippen LogP contribution >= 0.6 is 23.2 Å². The summed E-state index contributed by atoms with van der Waals surface area (Å²) in [7, 11) is 0. The number of halogens is 2. The first-order valence-electron chi connectivity index (χ1n) is 6.90. The van der Waals surface area contributed by atoms with E-state index < -0.39 is 18.5 Å². The lowest BCUT2D eigenvalue weighted by Gasteiger charge is -2.08. The Kier molecular flexibility index (Phi) is 4.69. The summed E-state index contributed by atoms with van der Waals surface area (Å²) in [5, 5.41) is 10.6. The van der Waals surface area contributed by atoms with Crippen molar-refractivity contribution >= 4 is 51.7 Å². The van der Waals surface area contributed by atoms with Gasteiger partial charge in [0.25, 0.3) is 5.91 Å². The van der Waals surface area contributed by atoms with Crippen molar-refractivity contribution < 1.29 is 14.3 Å². The monoisotopic (exact) mass is 363 g/mol. The number of amides is 1. The highest BCUT2D eigenvalue weighted by Crippen LogP contribution is 2.25. The average molecular weight is 364 g/mol. The number of nitrogens with one attached hydrogen (secondary N) is 2. The van der Waals surface area contributed by atoms with Gasteiger partial charge in [0.15, 0.2) is 12.3 Å². The Balaban J connectivity index is 1.64. The first-order chi connectivity index (χ1) is 11.5. The number of hydrogen-bond donors (Lipinski definition) is 2. The number of H-pyrrole nitrogens is 1. The van der Waals surface area contributed by atoms with Crippen LogP contribution in [0.5, 0.6) is 0 Å². The summed E-state index contributed by atoms with van der Waals surface area (Å²) in [5.74, 6) is -1.23. The smallest absolute Gasteiger partial charge is 0.359 e. The summed E-state index contributed by atoms with van der Waals surface area (Å²) in [6.45, 7) is -0.469. The van der Waals surface area contributed by atoms with E-state index in [9.17, 15) is 9.59 Å². The van der Waals surface area contributed by atoms with Crippen LogP contribution < -0.4 is 5.32 Å². The van der Waals surface area contributed by atoms with Gasteiger partial charge in [-0.05, 0) is 24.3 Å². The van der Waals surface area contributed by atoms with Crippen LogP contribution in [0, 0.1) is 0 Å². The van der Waals surface area contributed by atoms with Crippen molar-refractivity contribution in [3.63, 3.8) is 0 Å². The van der Waals surface area contributed by atoms with Crippen LogP contribution in [0.3, 0.4) is 0 Å². The van der Waals surface area contributed by atoms with Gasteiger partial charge in [-0.2, -0.15) is 5.10 Å². The molecule has 0 aliphatic rings. The number of hydrogen-bond acceptors (Lipinski definition) is 4. The molecule has 0 unspecified atom stereocenters. The van der Waals surface area contributed by atoms with Crippen LogP contribution in [0.2, 0.25) is 10.0 Å². The predicted molar refractivity (Wildman–Crippen MR) is 91.5 cm³/mol. The lowest BCUT2D eigenvalue weighted by Crippen LogP contribution is -2.21. The molecule has 8 heteroatoms. The molecule has 2 aromatic carbocycles. The van der Waals surface area contributed by atoms with Crippen LogP contribution in [-0.4, -0.2) is 28.7 Å². The Hall–Kier alpha value is -2.57. The third kappa shape index (κ3) is 3.50. The number of ether oxygens (including phenoxy) is 1. The van der Waals surface area contributed by atoms with Crippen molar-refractivity contribution in [3.05, 3.63) is 58.2 Å². The van der Waals surface area contributed by atoms with E-state index in [1.54, 1.807) is 30.3 Å². The van der Waals surface area contributed by atoms with Gasteiger partial charge in [-0.1, -0.05) is 41.4 Å². The third-order valence-corrected chi connectivity index (χ3v) is 3.77. The van der Waals surface area contributed by atoms with Gasteiger partial charge in [0.05, 0.1) is 16.2 Å². The Morgan fingerprint density at radius 2 is 1.96 bits per heavy atom. The van der Waals surface area contributed by atoms with E-state index in [0.717, 1.165) is 0 Å². The number of fused-ring (bicyclic) bond motifs is 1. The number of carbonyl (C=O) groups is 2. The zero-order valence-electron chi connectivity index (χ0n) is 12.2. The Bertz CT molecular complexity index is 924. The van der Waals surface area contributed by atoms with Crippen molar-refractivity contribution in [2.75, 3.05) is 11.9 Å². The fourth-order valence-corrected chi connectivity index (χ4v) is 2.43. The van der Waals surface area contributed by atoms with Crippen molar-refractivity contribution in [1.82, 2.24) is 10.2 Å². The van der Waals surface area contributed by atoms with Gasteiger partial charge < -0.3 is 10.1 Å². The topological polar surface area (TPSA) is 84.1 Å². The lowest BCUT2D eigenvalue weighted by molar-refractivity contribution is -0.119. The second-order valence-corrected chi connectivity index (χ2v) is 5.71. The van der Waals surface area contributed by atoms with Crippen LogP contribution in [0.1, 0.15) is 10.5 Å². The fourth-order valence-electron chi connectivity index (χ4n) is 2.10. The third-order valence-electron chi connectivity index (χ3n) is 3.20. The molecule has 1 aromatic heterocycles. The summed E-state index contributed by atoms with van der Waals surface area (Å²) in [6.07, 6.45) is 0. The molecule has 0 saturated carbocycles. The zero-order valence-corrected chi connectivity index (χ0v) is 13.7. The minimum absolute atomic E-state index is 0.124. The van der Waals surface area contributed by atoms with E-state index in [1.165, 1.54) is 6.07 Å². The summed E-state index contributed by atoms with van der Waals surface area (Å²) >= 11 is 11.8. The van der Waals surface area contributed by atoms with Gasteiger partial charge in [0.2, 0.25) is 0 Å². The number of aromatic nitrogens is 2. The van der Waals surface area contributed by atoms with E-state index in [2.05, 4.69) is 15.5 Å². The molecule has 3 rings (SSSR count). The molecular weight excluding hydrogens is 353 g/mol. The quantitative estimate of drug-likeness (QED) is 0.692. The van der Waals surface area contributed by atoms with Gasteiger partial charge >= 0.3 is 5.97 Å². The molecule has 0 aliphatic heterocycles. The lowest BCUT2D eigenvalue weighted by atomic mass is 10.2. The van der Waals surface area contributed by atoms with Crippen molar-refractivity contribution in [2.24, 2.45) is 0 Å². The number of rotatable bonds is 4. The summed E-state index contributed by atoms with van der Waals surface area (Å²) < 4.78 is 4.99. The highest BCUT2D eigenvalue weighted by molar-refractivity contribution is 6.35. The molecule has 2 N–H and O–H groups in total. The molecule has 0 aliphatic carbocycles. The molecule has 1 amide bonds. The Morgan fingerprint density at radius 1 is 1.17 bits per heavy atom. The van der Waals surface area contributed by atoms with Crippen molar-refractivity contribution in [3.8, 4) is 0 Å². The van der Waals surface area contributed by atoms with E-state index >= 15 is 0 Å². The Morgan fingerprint density at radius 3 is 2.79 bits per heavy atom. The molecule has 0 fully saturated rings. The van der Waals surface area contributed by atoms with Gasteiger partial charge in [0, 0.05) is 10.4 Å². The molecule has 0 bridgehead atoms. The normalized spacial score (nSPS) is 10.6. The van der Waals surface area contributed by atoms with E-state index in [4.69, 9.17) is 27.9 Å². The molecule has 122 valence electrons. The zero-order chi connectivity index (χ0) is 17.1. The van der Waals surface area contributed by atoms with Crippen molar-refractivity contribution in [1.29, 1.82) is 0 Å². The fraction of sp³-hybridized carbons (Fsp3) is 0.0625. The molecule has 0 spiro atoms. The largest absolute Gasteiger partial charge is 0.451 e. The number of aromatic amines is 1. The molecule has 0 atom stereocenters. The number of carbonyl (C=O) groups excluding carboxylic acids is 2. The molecule has 6 nitrogen and oxygen atoms in total. The highest BCUT2D eigenvalue weighted by Gasteiger charge is 2.17. The van der Waals surface area contributed by atoms with Gasteiger partial charge in [0.1, 0.15) is 0 Å². The van der Waals surface area contributed by atoms with E-state index in [0.29, 0.717) is 26.6 Å². The van der Waals surface area contributed by atoms with Crippen LogP contribution in [0.4, 0.5) is 5.69 Å². The average Bonchev–Trinajstić information content (AvgIpc) is 3.00. The summed E-state index contributed by atoms with van der Waals surface area (Å²) in [5.41, 5.74) is 1.18. The number of anilines is 1. The van der Waals surface area contributed by atoms with Gasteiger partial charge in [-0.15, -0.1) is 0 Å². The second-order valence-electron chi connectivity index (χ2n) is 4.87. The SMILES string of the molecule is O=C(COC(=O)c1n[nH]c2ccccc12)Nc1cc(Cl)ccc1Cl. The number of benzene rings is 2. The number of para-hydroxylation sites is 1. The number of nitrogens with zero attached hydrogens (tertiary/aromatic N) is 1. The van der Waals surface area contributed by atoms with E-state index in [-0.39, 0.29) is 5.69 Å². The molecule has 24 heavy (non-hydrogen) atoms. The van der Waals surface area contributed by atoms with Crippen molar-refractivity contribution in [2.45, 2.75) is 0 Å². The molecule has 0 saturated heterocycles. The number of esters is 1. The standard InChI is InChI=1S/C16H11Cl2N3O3/c17-9-5-6-11(18)13(7-9)19-14(22)8-24-16(23)15-10-3-1-2-4-12(10)20-21-15/h1-7H,8H2,(H,19,22)(H,20,21).